The van der Waals surface area contributed by atoms with Crippen LogP contribution in [0.3, 0.4) is 0 Å². The van der Waals surface area contributed by atoms with E-state index in [2.05, 4.69) is 21.2 Å². The molecule has 1 rings (SSSR count). The second-order valence-electron chi connectivity index (χ2n) is 3.24. The zero-order valence-electron chi connectivity index (χ0n) is 9.02. The molecule has 19 heavy (non-hydrogen) atoms. The molecular formula is C11H4BrF4N3. The number of alkyl halides is 3. The van der Waals surface area contributed by atoms with Crippen LogP contribution in [-0.4, -0.2) is 0 Å². The van der Waals surface area contributed by atoms with Crippen LogP contribution in [0.1, 0.15) is 5.56 Å². The summed E-state index contributed by atoms with van der Waals surface area (Å²) in [4.78, 5) is 0. The van der Waals surface area contributed by atoms with Gasteiger partial charge in [-0.25, -0.2) is 4.39 Å². The maximum absolute atomic E-state index is 13.2. The number of hydrogen-bond donors (Lipinski definition) is 1. The summed E-state index contributed by atoms with van der Waals surface area (Å²) in [5, 5.41) is 19.3. The van der Waals surface area contributed by atoms with Gasteiger partial charge in [-0.2, -0.15) is 23.7 Å². The second-order valence-corrected chi connectivity index (χ2v) is 4.09. The second kappa shape index (κ2) is 5.72. The summed E-state index contributed by atoms with van der Waals surface area (Å²) in [7, 11) is 0. The first-order chi connectivity index (χ1) is 8.79. The van der Waals surface area contributed by atoms with Crippen molar-refractivity contribution in [2.24, 2.45) is 0 Å². The summed E-state index contributed by atoms with van der Waals surface area (Å²) >= 11 is 2.88. The van der Waals surface area contributed by atoms with Crippen LogP contribution in [0.5, 0.6) is 0 Å². The fraction of sp³-hybridized carbons (Fsp3) is 0.0909. The maximum Gasteiger partial charge on any atom is 0.419 e. The molecular weight excluding hydrogens is 330 g/mol. The lowest BCUT2D eigenvalue weighted by Gasteiger charge is -2.11. The van der Waals surface area contributed by atoms with E-state index in [-0.39, 0.29) is 15.7 Å². The molecule has 0 aliphatic carbocycles. The van der Waals surface area contributed by atoms with Crippen molar-refractivity contribution in [2.45, 2.75) is 6.18 Å². The van der Waals surface area contributed by atoms with E-state index >= 15 is 0 Å². The highest BCUT2D eigenvalue weighted by Gasteiger charge is 2.34. The topological polar surface area (TPSA) is 59.6 Å². The Morgan fingerprint density at radius 3 is 2.32 bits per heavy atom. The number of rotatable bonds is 2. The van der Waals surface area contributed by atoms with Gasteiger partial charge in [-0.3, -0.25) is 0 Å². The Bertz CT molecular complexity index is 592. The highest BCUT2D eigenvalue weighted by molar-refractivity contribution is 9.10. The molecule has 0 unspecified atom stereocenters. The number of nitrogens with zero attached hydrogens (tertiary/aromatic N) is 2. The SMILES string of the molecule is N#CC(C#N)=CNc1cc(C(F)(F)F)c(F)cc1Br. The van der Waals surface area contributed by atoms with Gasteiger partial charge in [0.05, 0.1) is 11.3 Å². The minimum Gasteiger partial charge on any atom is -0.359 e. The van der Waals surface area contributed by atoms with Crippen molar-refractivity contribution in [3.63, 3.8) is 0 Å². The summed E-state index contributed by atoms with van der Waals surface area (Å²) in [5.41, 5.74) is -1.89. The van der Waals surface area contributed by atoms with E-state index in [1.54, 1.807) is 0 Å². The van der Waals surface area contributed by atoms with Crippen molar-refractivity contribution in [2.75, 3.05) is 5.32 Å². The fourth-order valence-corrected chi connectivity index (χ4v) is 1.55. The average molecular weight is 334 g/mol. The third-order valence-electron chi connectivity index (χ3n) is 1.98. The van der Waals surface area contributed by atoms with Crippen molar-refractivity contribution >= 4 is 21.6 Å². The van der Waals surface area contributed by atoms with Crippen LogP contribution in [0.25, 0.3) is 0 Å². The normalized spacial score (nSPS) is 10.3. The van der Waals surface area contributed by atoms with Gasteiger partial charge in [0, 0.05) is 10.7 Å². The molecule has 98 valence electrons. The summed E-state index contributed by atoms with van der Waals surface area (Å²) in [6.07, 6.45) is -3.91. The number of benzene rings is 1. The molecule has 1 aromatic rings. The predicted molar refractivity (Wildman–Crippen MR) is 62.0 cm³/mol. The van der Waals surface area contributed by atoms with Crippen molar-refractivity contribution < 1.29 is 17.6 Å². The maximum atomic E-state index is 13.2. The smallest absolute Gasteiger partial charge is 0.359 e. The summed E-state index contributed by atoms with van der Waals surface area (Å²) in [6, 6.07) is 4.24. The van der Waals surface area contributed by atoms with E-state index in [1.165, 1.54) is 12.1 Å². The third kappa shape index (κ3) is 3.70. The molecule has 0 spiro atoms. The molecule has 1 aromatic carbocycles. The highest BCUT2D eigenvalue weighted by atomic mass is 79.9. The van der Waals surface area contributed by atoms with E-state index in [1.807, 2.05) is 0 Å². The van der Waals surface area contributed by atoms with Gasteiger partial charge < -0.3 is 5.32 Å². The first kappa shape index (κ1) is 15.0. The number of nitrogens with one attached hydrogen (secondary N) is 1. The summed E-state index contributed by atoms with van der Waals surface area (Å²) in [5.74, 6) is -1.42. The molecule has 0 bridgehead atoms. The first-order valence-corrected chi connectivity index (χ1v) is 5.42. The minimum atomic E-state index is -4.84. The van der Waals surface area contributed by atoms with Gasteiger partial charge in [-0.1, -0.05) is 0 Å². The van der Waals surface area contributed by atoms with E-state index in [0.29, 0.717) is 12.1 Å². The van der Waals surface area contributed by atoms with Crippen molar-refractivity contribution in [3.8, 4) is 12.1 Å². The van der Waals surface area contributed by atoms with E-state index < -0.39 is 17.6 Å². The largest absolute Gasteiger partial charge is 0.419 e. The summed E-state index contributed by atoms with van der Waals surface area (Å²) < 4.78 is 50.7. The predicted octanol–water partition coefficient (Wildman–Crippen LogP) is 3.95. The molecule has 0 heterocycles. The Morgan fingerprint density at radius 2 is 1.84 bits per heavy atom. The average Bonchev–Trinajstić information content (AvgIpc) is 2.31. The van der Waals surface area contributed by atoms with Gasteiger partial charge >= 0.3 is 6.18 Å². The van der Waals surface area contributed by atoms with Crippen LogP contribution < -0.4 is 5.32 Å². The number of allylic oxidation sites excluding steroid dienone is 1. The highest BCUT2D eigenvalue weighted by Crippen LogP contribution is 2.36. The summed E-state index contributed by atoms with van der Waals surface area (Å²) in [6.45, 7) is 0. The van der Waals surface area contributed by atoms with Crippen molar-refractivity contribution in [3.05, 3.63) is 39.8 Å². The Morgan fingerprint density at radius 1 is 1.26 bits per heavy atom. The Hall–Kier alpha value is -2.06. The van der Waals surface area contributed by atoms with Crippen LogP contribution in [-0.2, 0) is 6.18 Å². The van der Waals surface area contributed by atoms with Gasteiger partial charge in [-0.05, 0) is 28.1 Å². The lowest BCUT2D eigenvalue weighted by Crippen LogP contribution is -2.09. The number of nitriles is 2. The van der Waals surface area contributed by atoms with Crippen LogP contribution in [0.4, 0.5) is 23.2 Å². The third-order valence-corrected chi connectivity index (χ3v) is 2.63. The molecule has 0 fully saturated rings. The van der Waals surface area contributed by atoms with E-state index in [9.17, 15) is 17.6 Å². The van der Waals surface area contributed by atoms with E-state index in [4.69, 9.17) is 10.5 Å². The number of halogens is 5. The lowest BCUT2D eigenvalue weighted by atomic mass is 10.2. The Kier molecular flexibility index (Phi) is 4.52. The zero-order valence-corrected chi connectivity index (χ0v) is 10.6. The van der Waals surface area contributed by atoms with Gasteiger partial charge in [0.15, 0.2) is 0 Å². The number of hydrogen-bond acceptors (Lipinski definition) is 3. The van der Waals surface area contributed by atoms with Gasteiger partial charge in [0.25, 0.3) is 0 Å². The molecule has 0 saturated heterocycles. The van der Waals surface area contributed by atoms with Crippen LogP contribution in [0, 0.1) is 28.5 Å². The van der Waals surface area contributed by atoms with Gasteiger partial charge in [0.2, 0.25) is 0 Å². The molecule has 0 aliphatic rings. The van der Waals surface area contributed by atoms with Crippen LogP contribution >= 0.6 is 15.9 Å². The fourth-order valence-electron chi connectivity index (χ4n) is 1.12. The first-order valence-electron chi connectivity index (χ1n) is 4.62. The number of anilines is 1. The standard InChI is InChI=1S/C11H4BrF4N3/c12-8-2-9(13)7(11(14,15)16)1-10(8)19-5-6(3-17)4-18/h1-2,5,19H. The molecule has 0 amide bonds. The zero-order chi connectivity index (χ0) is 14.6. The molecule has 0 saturated carbocycles. The van der Waals surface area contributed by atoms with Gasteiger partial charge in [-0.15, -0.1) is 0 Å². The molecule has 1 N–H and O–H groups in total. The quantitative estimate of drug-likeness (QED) is 0.658. The van der Waals surface area contributed by atoms with Crippen molar-refractivity contribution in [1.82, 2.24) is 0 Å². The van der Waals surface area contributed by atoms with Crippen LogP contribution in [0.15, 0.2) is 28.4 Å². The Balaban J connectivity index is 3.21. The molecule has 8 heteroatoms. The van der Waals surface area contributed by atoms with Crippen molar-refractivity contribution in [1.29, 1.82) is 10.5 Å². The molecule has 3 nitrogen and oxygen atoms in total. The molecule has 0 atom stereocenters. The minimum absolute atomic E-state index is 0.0319. The Labute approximate surface area is 113 Å². The van der Waals surface area contributed by atoms with Gasteiger partial charge in [0.1, 0.15) is 23.5 Å². The molecule has 0 radical (unpaired) electrons. The van der Waals surface area contributed by atoms with Crippen LogP contribution in [0.2, 0.25) is 0 Å². The lowest BCUT2D eigenvalue weighted by molar-refractivity contribution is -0.139. The molecule has 0 aromatic heterocycles. The molecule has 0 aliphatic heterocycles. The van der Waals surface area contributed by atoms with E-state index in [0.717, 1.165) is 6.20 Å². The monoisotopic (exact) mass is 333 g/mol.